The average molecular weight is 406 g/mol. The number of nitro groups is 1. The van der Waals surface area contributed by atoms with Gasteiger partial charge < -0.3 is 9.64 Å². The minimum absolute atomic E-state index is 0.0726. The lowest BCUT2D eigenvalue weighted by atomic mass is 9.83. The van der Waals surface area contributed by atoms with Gasteiger partial charge in [-0.2, -0.15) is 0 Å². The van der Waals surface area contributed by atoms with E-state index >= 15 is 0 Å². The van der Waals surface area contributed by atoms with E-state index in [1.165, 1.54) is 30.4 Å². The number of carbonyl (C=O) groups is 2. The highest BCUT2D eigenvalue weighted by Crippen LogP contribution is 2.46. The van der Waals surface area contributed by atoms with Crippen LogP contribution in [0.4, 0.5) is 11.4 Å². The number of hydrogen-bond donors (Lipinski definition) is 0. The van der Waals surface area contributed by atoms with Gasteiger partial charge in [-0.05, 0) is 23.3 Å². The fraction of sp³-hybridized carbons (Fsp3) is 0.217. The Morgan fingerprint density at radius 1 is 1.17 bits per heavy atom. The fourth-order valence-corrected chi connectivity index (χ4v) is 3.55. The zero-order chi connectivity index (χ0) is 21.9. The number of ketones is 1. The number of allylic oxidation sites excluding steroid dienone is 1. The number of para-hydroxylation sites is 1. The monoisotopic (exact) mass is 406 g/mol. The Balaban J connectivity index is 1.63. The molecule has 7 nitrogen and oxygen atoms in total. The topological polar surface area (TPSA) is 89.8 Å². The van der Waals surface area contributed by atoms with Gasteiger partial charge in [0.25, 0.3) is 5.69 Å². The first kappa shape index (κ1) is 21.0. The summed E-state index contributed by atoms with van der Waals surface area (Å²) in [6, 6.07) is 13.8. The molecule has 1 heterocycles. The molecule has 0 saturated carbocycles. The lowest BCUT2D eigenvalue weighted by Crippen LogP contribution is -2.25. The van der Waals surface area contributed by atoms with E-state index in [2.05, 4.69) is 0 Å². The number of fused-ring (bicyclic) bond motifs is 1. The molecule has 0 radical (unpaired) electrons. The Bertz CT molecular complexity index is 1070. The third-order valence-electron chi connectivity index (χ3n) is 5.09. The van der Waals surface area contributed by atoms with Crippen molar-refractivity contribution >= 4 is 29.2 Å². The first-order valence-corrected chi connectivity index (χ1v) is 9.37. The minimum atomic E-state index is -0.699. The summed E-state index contributed by atoms with van der Waals surface area (Å²) in [5, 5.41) is 10.8. The van der Waals surface area contributed by atoms with Crippen LogP contribution in [0.15, 0.2) is 66.4 Å². The molecular weight excluding hydrogens is 384 g/mol. The van der Waals surface area contributed by atoms with Gasteiger partial charge in [0.1, 0.15) is 0 Å². The molecule has 0 atom stereocenters. The first-order chi connectivity index (χ1) is 14.2. The van der Waals surface area contributed by atoms with E-state index in [0.29, 0.717) is 5.56 Å². The van der Waals surface area contributed by atoms with Crippen LogP contribution in [0.3, 0.4) is 0 Å². The maximum absolute atomic E-state index is 12.4. The lowest BCUT2D eigenvalue weighted by molar-refractivity contribution is -0.384. The van der Waals surface area contributed by atoms with Gasteiger partial charge in [0.15, 0.2) is 12.4 Å². The molecule has 3 rings (SSSR count). The lowest BCUT2D eigenvalue weighted by Gasteiger charge is -2.23. The van der Waals surface area contributed by atoms with Crippen LogP contribution in [-0.2, 0) is 19.7 Å². The number of anilines is 1. The number of rotatable bonds is 6. The van der Waals surface area contributed by atoms with Crippen molar-refractivity contribution in [2.24, 2.45) is 0 Å². The number of nitrogens with zero attached hydrogens (tertiary/aromatic N) is 2. The van der Waals surface area contributed by atoms with Crippen molar-refractivity contribution in [1.82, 2.24) is 0 Å². The van der Waals surface area contributed by atoms with Crippen molar-refractivity contribution in [3.05, 3.63) is 87.6 Å². The van der Waals surface area contributed by atoms with Crippen molar-refractivity contribution < 1.29 is 19.2 Å². The van der Waals surface area contributed by atoms with Crippen LogP contribution < -0.4 is 4.90 Å². The van der Waals surface area contributed by atoms with E-state index in [0.717, 1.165) is 23.0 Å². The molecule has 0 spiro atoms. The molecule has 0 bridgehead atoms. The second-order valence-corrected chi connectivity index (χ2v) is 7.49. The van der Waals surface area contributed by atoms with Crippen LogP contribution in [0.25, 0.3) is 6.08 Å². The van der Waals surface area contributed by atoms with E-state index in [9.17, 15) is 19.7 Å². The summed E-state index contributed by atoms with van der Waals surface area (Å²) in [5.41, 5.74) is 3.07. The smallest absolute Gasteiger partial charge is 0.331 e. The number of likely N-dealkylation sites (N-methyl/N-ethyl adjacent to an activating group) is 1. The minimum Gasteiger partial charge on any atom is -0.454 e. The number of esters is 1. The number of nitro benzene ring substituents is 1. The third kappa shape index (κ3) is 4.30. The summed E-state index contributed by atoms with van der Waals surface area (Å²) in [7, 11) is 1.90. The quantitative estimate of drug-likeness (QED) is 0.311. The SMILES string of the molecule is CN1C(=CC(=O)COC(=O)/C=C/c2cccc([N+](=O)[O-])c2)C(C)(C)c2ccccc21. The van der Waals surface area contributed by atoms with Crippen molar-refractivity contribution in [3.8, 4) is 0 Å². The molecule has 0 saturated heterocycles. The summed E-state index contributed by atoms with van der Waals surface area (Å²) in [6.45, 7) is 3.70. The zero-order valence-electron chi connectivity index (χ0n) is 17.0. The summed E-state index contributed by atoms with van der Waals surface area (Å²) >= 11 is 0. The number of non-ortho nitro benzene ring substituents is 1. The van der Waals surface area contributed by atoms with E-state index < -0.39 is 10.9 Å². The van der Waals surface area contributed by atoms with Gasteiger partial charge in [-0.3, -0.25) is 14.9 Å². The highest BCUT2D eigenvalue weighted by Gasteiger charge is 2.38. The summed E-state index contributed by atoms with van der Waals surface area (Å²) in [4.78, 5) is 36.6. The Morgan fingerprint density at radius 2 is 1.90 bits per heavy atom. The zero-order valence-corrected chi connectivity index (χ0v) is 17.0. The van der Waals surface area contributed by atoms with Gasteiger partial charge in [0.05, 0.1) is 4.92 Å². The number of benzene rings is 2. The predicted octanol–water partition coefficient (Wildman–Crippen LogP) is 4.03. The van der Waals surface area contributed by atoms with Crippen LogP contribution in [0.5, 0.6) is 0 Å². The second kappa shape index (κ2) is 8.32. The Kier molecular flexibility index (Phi) is 5.82. The van der Waals surface area contributed by atoms with Gasteiger partial charge in [-0.25, -0.2) is 4.79 Å². The van der Waals surface area contributed by atoms with Crippen molar-refractivity contribution in [2.75, 3.05) is 18.6 Å². The number of hydrogen-bond acceptors (Lipinski definition) is 6. The summed E-state index contributed by atoms with van der Waals surface area (Å²) in [5.74, 6) is -1.02. The van der Waals surface area contributed by atoms with Crippen LogP contribution >= 0.6 is 0 Å². The maximum atomic E-state index is 12.4. The molecule has 0 aromatic heterocycles. The standard InChI is InChI=1S/C23H22N2O5/c1-23(2)19-9-4-5-10-20(19)24(3)21(23)14-18(26)15-30-22(27)12-11-16-7-6-8-17(13-16)25(28)29/h4-14H,15H2,1-3H3/b12-11+,21-14?. The maximum Gasteiger partial charge on any atom is 0.331 e. The molecule has 1 aliphatic heterocycles. The second-order valence-electron chi connectivity index (χ2n) is 7.49. The van der Waals surface area contributed by atoms with Crippen LogP contribution in [-0.4, -0.2) is 30.3 Å². The number of ether oxygens (including phenoxy) is 1. The van der Waals surface area contributed by atoms with Gasteiger partial charge in [-0.1, -0.05) is 44.2 Å². The molecular formula is C23H22N2O5. The highest BCUT2D eigenvalue weighted by molar-refractivity contribution is 5.96. The highest BCUT2D eigenvalue weighted by atomic mass is 16.6. The van der Waals surface area contributed by atoms with Crippen molar-refractivity contribution in [3.63, 3.8) is 0 Å². The molecule has 154 valence electrons. The molecule has 1 aliphatic rings. The molecule has 0 fully saturated rings. The molecule has 0 N–H and O–H groups in total. The molecule has 2 aromatic carbocycles. The van der Waals surface area contributed by atoms with Crippen molar-refractivity contribution in [2.45, 2.75) is 19.3 Å². The Morgan fingerprint density at radius 3 is 2.60 bits per heavy atom. The Hall–Kier alpha value is -3.74. The number of carbonyl (C=O) groups excluding carboxylic acids is 2. The molecule has 0 unspecified atom stereocenters. The normalized spacial score (nSPS) is 16.0. The van der Waals surface area contributed by atoms with Gasteiger partial charge in [-0.15, -0.1) is 0 Å². The van der Waals surface area contributed by atoms with Crippen LogP contribution in [0.1, 0.15) is 25.0 Å². The van der Waals surface area contributed by atoms with E-state index in [4.69, 9.17) is 4.74 Å². The average Bonchev–Trinajstić information content (AvgIpc) is 2.92. The Labute approximate surface area is 174 Å². The van der Waals surface area contributed by atoms with Gasteiger partial charge in [0.2, 0.25) is 0 Å². The van der Waals surface area contributed by atoms with Gasteiger partial charge >= 0.3 is 5.97 Å². The van der Waals surface area contributed by atoms with E-state index in [1.807, 2.05) is 50.1 Å². The predicted molar refractivity (Wildman–Crippen MR) is 114 cm³/mol. The van der Waals surface area contributed by atoms with E-state index in [1.54, 1.807) is 6.07 Å². The molecule has 0 aliphatic carbocycles. The largest absolute Gasteiger partial charge is 0.454 e. The van der Waals surface area contributed by atoms with E-state index in [-0.39, 0.29) is 23.5 Å². The summed E-state index contributed by atoms with van der Waals surface area (Å²) in [6.07, 6.45) is 4.06. The summed E-state index contributed by atoms with van der Waals surface area (Å²) < 4.78 is 5.02. The molecule has 0 amide bonds. The van der Waals surface area contributed by atoms with Gasteiger partial charge in [0, 0.05) is 48.1 Å². The van der Waals surface area contributed by atoms with Crippen molar-refractivity contribution in [1.29, 1.82) is 0 Å². The van der Waals surface area contributed by atoms with Crippen LogP contribution in [0.2, 0.25) is 0 Å². The third-order valence-corrected chi connectivity index (χ3v) is 5.09. The van der Waals surface area contributed by atoms with Crippen LogP contribution in [0, 0.1) is 10.1 Å². The molecule has 30 heavy (non-hydrogen) atoms. The molecule has 2 aromatic rings. The fourth-order valence-electron chi connectivity index (χ4n) is 3.55. The molecule has 7 heteroatoms. The first-order valence-electron chi connectivity index (χ1n) is 9.37.